The fraction of sp³-hybridized carbons (Fsp3) is 1.00. The van der Waals surface area contributed by atoms with Gasteiger partial charge in [-0.2, -0.15) is 0 Å². The lowest BCUT2D eigenvalue weighted by Gasteiger charge is -2.21. The Bertz CT molecular complexity index is 137. The van der Waals surface area contributed by atoms with Crippen LogP contribution in [0.25, 0.3) is 0 Å². The summed E-state index contributed by atoms with van der Waals surface area (Å²) < 4.78 is 18.1. The number of hydrogen-bond donors (Lipinski definition) is 2. The van der Waals surface area contributed by atoms with Gasteiger partial charge in [0.1, 0.15) is 6.17 Å². The quantitative estimate of drug-likeness (QED) is 0.614. The number of alkyl halides is 1. The van der Waals surface area contributed by atoms with Crippen LogP contribution in [0, 0.1) is 0 Å². The van der Waals surface area contributed by atoms with E-state index in [9.17, 15) is 4.39 Å². The summed E-state index contributed by atoms with van der Waals surface area (Å²) in [4.78, 5) is 0. The molecule has 2 N–H and O–H groups in total. The van der Waals surface area contributed by atoms with Gasteiger partial charge < -0.3 is 15.2 Å². The van der Waals surface area contributed by atoms with Crippen molar-refractivity contribution in [3.05, 3.63) is 0 Å². The van der Waals surface area contributed by atoms with Crippen LogP contribution in [0.3, 0.4) is 0 Å². The topological polar surface area (TPSA) is 41.5 Å². The molecule has 0 saturated heterocycles. The van der Waals surface area contributed by atoms with Gasteiger partial charge in [-0.1, -0.05) is 0 Å². The van der Waals surface area contributed by atoms with Crippen LogP contribution in [0.4, 0.5) is 4.39 Å². The predicted molar refractivity (Wildman–Crippen MR) is 55.2 cm³/mol. The number of halogens is 1. The summed E-state index contributed by atoms with van der Waals surface area (Å²) in [5.74, 6) is 0. The second-order valence-electron chi connectivity index (χ2n) is 4.38. The molecule has 0 radical (unpaired) electrons. The lowest BCUT2D eigenvalue weighted by molar-refractivity contribution is 0.0683. The monoisotopic (exact) mass is 207 g/mol. The fourth-order valence-corrected chi connectivity index (χ4v) is 0.854. The summed E-state index contributed by atoms with van der Waals surface area (Å²) in [6, 6.07) is 0. The molecule has 0 aliphatic rings. The minimum Gasteiger partial charge on any atom is -0.396 e. The fourth-order valence-electron chi connectivity index (χ4n) is 0.854. The smallest absolute Gasteiger partial charge is 0.136 e. The van der Waals surface area contributed by atoms with Crippen LogP contribution in [0.15, 0.2) is 0 Å². The maximum Gasteiger partial charge on any atom is 0.136 e. The lowest BCUT2D eigenvalue weighted by Crippen LogP contribution is -2.40. The number of rotatable bonds is 7. The van der Waals surface area contributed by atoms with E-state index in [0.29, 0.717) is 19.6 Å². The van der Waals surface area contributed by atoms with Crippen LogP contribution in [0.2, 0.25) is 0 Å². The minimum absolute atomic E-state index is 0.0601. The van der Waals surface area contributed by atoms with Crippen LogP contribution in [-0.4, -0.2) is 43.2 Å². The number of aliphatic hydroxyl groups is 1. The average molecular weight is 207 g/mol. The highest BCUT2D eigenvalue weighted by Gasteiger charge is 2.13. The van der Waals surface area contributed by atoms with Gasteiger partial charge in [0.15, 0.2) is 0 Å². The van der Waals surface area contributed by atoms with Gasteiger partial charge in [0.25, 0.3) is 0 Å². The van der Waals surface area contributed by atoms with Crippen molar-refractivity contribution in [2.45, 2.75) is 38.9 Å². The number of hydrogen-bond acceptors (Lipinski definition) is 3. The summed E-state index contributed by atoms with van der Waals surface area (Å²) in [6.07, 6.45) is -0.410. The van der Waals surface area contributed by atoms with Crippen molar-refractivity contribution in [3.63, 3.8) is 0 Å². The molecule has 86 valence electrons. The van der Waals surface area contributed by atoms with Gasteiger partial charge in [0, 0.05) is 25.3 Å². The maximum absolute atomic E-state index is 13.1. The van der Waals surface area contributed by atoms with Crippen molar-refractivity contribution in [1.29, 1.82) is 0 Å². The van der Waals surface area contributed by atoms with Crippen molar-refractivity contribution in [2.75, 3.05) is 26.4 Å². The zero-order valence-corrected chi connectivity index (χ0v) is 9.35. The highest BCUT2D eigenvalue weighted by Crippen LogP contribution is 2.00. The zero-order valence-electron chi connectivity index (χ0n) is 9.35. The van der Waals surface area contributed by atoms with Crippen molar-refractivity contribution in [1.82, 2.24) is 5.32 Å². The first-order valence-corrected chi connectivity index (χ1v) is 5.03. The highest BCUT2D eigenvalue weighted by atomic mass is 19.1. The van der Waals surface area contributed by atoms with Crippen LogP contribution in [0.5, 0.6) is 0 Å². The van der Waals surface area contributed by atoms with Crippen molar-refractivity contribution in [2.24, 2.45) is 0 Å². The first-order chi connectivity index (χ1) is 6.45. The molecule has 0 heterocycles. The molecule has 0 aromatic heterocycles. The molecule has 14 heavy (non-hydrogen) atoms. The van der Waals surface area contributed by atoms with E-state index in [1.807, 2.05) is 20.8 Å². The molecular weight excluding hydrogens is 185 g/mol. The van der Waals surface area contributed by atoms with Gasteiger partial charge in [0.05, 0.1) is 6.61 Å². The SMILES string of the molecule is CC(C)(C)NCC(F)COCCCO. The molecule has 0 fully saturated rings. The molecule has 3 nitrogen and oxygen atoms in total. The second kappa shape index (κ2) is 7.15. The standard InChI is InChI=1S/C10H22FNO2/c1-10(2,3)12-7-9(11)8-14-6-4-5-13/h9,12-13H,4-8H2,1-3H3. The third kappa shape index (κ3) is 9.89. The molecule has 4 heteroatoms. The number of ether oxygens (including phenoxy) is 1. The van der Waals surface area contributed by atoms with Gasteiger partial charge in [-0.3, -0.25) is 0 Å². The predicted octanol–water partition coefficient (Wildman–Crippen LogP) is 1.11. The van der Waals surface area contributed by atoms with E-state index < -0.39 is 6.17 Å². The van der Waals surface area contributed by atoms with E-state index in [-0.39, 0.29) is 18.8 Å². The third-order valence-corrected chi connectivity index (χ3v) is 1.60. The van der Waals surface area contributed by atoms with Gasteiger partial charge in [-0.25, -0.2) is 4.39 Å². The molecular formula is C10H22FNO2. The van der Waals surface area contributed by atoms with Crippen molar-refractivity contribution < 1.29 is 14.2 Å². The minimum atomic E-state index is -0.979. The van der Waals surface area contributed by atoms with Crippen LogP contribution >= 0.6 is 0 Å². The average Bonchev–Trinajstić information content (AvgIpc) is 2.08. The summed E-state index contributed by atoms with van der Waals surface area (Å²) in [5, 5.41) is 11.5. The number of nitrogens with one attached hydrogen (secondary N) is 1. The molecule has 0 aromatic carbocycles. The first kappa shape index (κ1) is 13.8. The van der Waals surface area contributed by atoms with Gasteiger partial charge >= 0.3 is 0 Å². The molecule has 1 atom stereocenters. The van der Waals surface area contributed by atoms with E-state index >= 15 is 0 Å². The summed E-state index contributed by atoms with van der Waals surface area (Å²) in [7, 11) is 0. The molecule has 0 bridgehead atoms. The first-order valence-electron chi connectivity index (χ1n) is 5.03. The van der Waals surface area contributed by atoms with Crippen molar-refractivity contribution in [3.8, 4) is 0 Å². The zero-order chi connectivity index (χ0) is 11.0. The Morgan fingerprint density at radius 2 is 2.07 bits per heavy atom. The Morgan fingerprint density at radius 3 is 2.57 bits per heavy atom. The van der Waals surface area contributed by atoms with Gasteiger partial charge in [-0.05, 0) is 27.2 Å². The second-order valence-corrected chi connectivity index (χ2v) is 4.38. The molecule has 0 aliphatic carbocycles. The Hall–Kier alpha value is -0.190. The van der Waals surface area contributed by atoms with Gasteiger partial charge in [0.2, 0.25) is 0 Å². The van der Waals surface area contributed by atoms with Crippen LogP contribution < -0.4 is 5.32 Å². The molecule has 0 spiro atoms. The molecule has 0 aromatic rings. The van der Waals surface area contributed by atoms with Gasteiger partial charge in [-0.15, -0.1) is 0 Å². The van der Waals surface area contributed by atoms with E-state index in [2.05, 4.69) is 5.32 Å². The maximum atomic E-state index is 13.1. The molecule has 0 saturated carbocycles. The van der Waals surface area contributed by atoms with E-state index in [4.69, 9.17) is 9.84 Å². The Labute approximate surface area is 85.6 Å². The summed E-state index contributed by atoms with van der Waals surface area (Å²) in [6.45, 7) is 6.90. The number of aliphatic hydroxyl groups excluding tert-OH is 1. The van der Waals surface area contributed by atoms with E-state index in [1.165, 1.54) is 0 Å². The molecule has 0 amide bonds. The van der Waals surface area contributed by atoms with E-state index in [0.717, 1.165) is 0 Å². The molecule has 0 rings (SSSR count). The normalized spacial score (nSPS) is 14.4. The largest absolute Gasteiger partial charge is 0.396 e. The summed E-state index contributed by atoms with van der Waals surface area (Å²) in [5.41, 5.74) is -0.0601. The van der Waals surface area contributed by atoms with Crippen LogP contribution in [0.1, 0.15) is 27.2 Å². The van der Waals surface area contributed by atoms with Crippen LogP contribution in [-0.2, 0) is 4.74 Å². The lowest BCUT2D eigenvalue weighted by atomic mass is 10.1. The summed E-state index contributed by atoms with van der Waals surface area (Å²) >= 11 is 0. The molecule has 0 aliphatic heterocycles. The third-order valence-electron chi connectivity index (χ3n) is 1.60. The Balaban J connectivity index is 3.32. The molecule has 1 unspecified atom stereocenters. The Kier molecular flexibility index (Phi) is 7.05. The van der Waals surface area contributed by atoms with Crippen molar-refractivity contribution >= 4 is 0 Å². The Morgan fingerprint density at radius 1 is 1.43 bits per heavy atom. The van der Waals surface area contributed by atoms with E-state index in [1.54, 1.807) is 0 Å². The highest BCUT2D eigenvalue weighted by molar-refractivity contribution is 4.72.